The summed E-state index contributed by atoms with van der Waals surface area (Å²) in [4.78, 5) is 15.9. The summed E-state index contributed by atoms with van der Waals surface area (Å²) in [6, 6.07) is 12.6. The molecule has 1 heterocycles. The second-order valence-corrected chi connectivity index (χ2v) is 6.97. The number of halogens is 5. The van der Waals surface area contributed by atoms with E-state index in [4.69, 9.17) is 37.4 Å². The van der Waals surface area contributed by atoms with E-state index in [-0.39, 0.29) is 27.4 Å². The van der Waals surface area contributed by atoms with Crippen molar-refractivity contribution in [3.05, 3.63) is 76.4 Å². The molecule has 0 aliphatic carbocycles. The molecule has 0 radical (unpaired) electrons. The molecular formula is C21H14Cl2F3NO4. The number of hydrogen-bond acceptors (Lipinski definition) is 5. The Morgan fingerprint density at radius 2 is 1.68 bits per heavy atom. The summed E-state index contributed by atoms with van der Waals surface area (Å²) in [6.45, 7) is 1.49. The fourth-order valence-corrected chi connectivity index (χ4v) is 2.65. The van der Waals surface area contributed by atoms with E-state index in [1.807, 2.05) is 0 Å². The molecule has 0 aliphatic rings. The van der Waals surface area contributed by atoms with Crippen molar-refractivity contribution >= 4 is 29.2 Å². The zero-order valence-electron chi connectivity index (χ0n) is 15.8. The van der Waals surface area contributed by atoms with Crippen LogP contribution in [0.4, 0.5) is 13.2 Å². The summed E-state index contributed by atoms with van der Waals surface area (Å²) in [5, 5.41) is 0.472. The summed E-state index contributed by atoms with van der Waals surface area (Å²) in [5.41, 5.74) is -0.877. The second-order valence-electron chi connectivity index (χ2n) is 6.19. The van der Waals surface area contributed by atoms with Crippen LogP contribution in [0.5, 0.6) is 23.1 Å². The molecule has 0 spiro atoms. The van der Waals surface area contributed by atoms with E-state index < -0.39 is 23.8 Å². The first-order valence-corrected chi connectivity index (χ1v) is 9.52. The average molecular weight is 472 g/mol. The summed E-state index contributed by atoms with van der Waals surface area (Å²) in [5.74, 6) is 0.0612. The van der Waals surface area contributed by atoms with E-state index >= 15 is 0 Å². The number of hydrogen-bond donors (Lipinski definition) is 0. The zero-order valence-corrected chi connectivity index (χ0v) is 17.3. The lowest BCUT2D eigenvalue weighted by Crippen LogP contribution is -2.28. The third-order valence-electron chi connectivity index (χ3n) is 3.88. The normalized spacial score (nSPS) is 12.2. The molecule has 0 saturated carbocycles. The molecule has 1 unspecified atom stereocenters. The van der Waals surface area contributed by atoms with Gasteiger partial charge in [-0.1, -0.05) is 29.3 Å². The summed E-state index contributed by atoms with van der Waals surface area (Å²) >= 11 is 11.9. The van der Waals surface area contributed by atoms with Gasteiger partial charge >= 0.3 is 12.1 Å². The van der Waals surface area contributed by atoms with Crippen molar-refractivity contribution < 1.29 is 32.2 Å². The Morgan fingerprint density at radius 3 is 2.29 bits per heavy atom. The number of carbonyl (C=O) groups is 1. The smallest absolute Gasteiger partial charge is 0.417 e. The van der Waals surface area contributed by atoms with E-state index in [2.05, 4.69) is 4.98 Å². The molecule has 10 heteroatoms. The van der Waals surface area contributed by atoms with Gasteiger partial charge in [-0.25, -0.2) is 9.78 Å². The van der Waals surface area contributed by atoms with Crippen LogP contribution in [0.25, 0.3) is 0 Å². The highest BCUT2D eigenvalue weighted by Crippen LogP contribution is 2.33. The monoisotopic (exact) mass is 471 g/mol. The van der Waals surface area contributed by atoms with Gasteiger partial charge in [0, 0.05) is 12.3 Å². The standard InChI is InChI=1S/C21H14Cl2F3NO4/c1-12(29-17-4-2-3-16(22)19(17)23)20(28)31-15-8-6-14(7-9-15)30-18-10-5-13(11-27-18)21(24,25)26/h2-12H,1H3. The van der Waals surface area contributed by atoms with Crippen LogP contribution >= 0.6 is 23.2 Å². The molecule has 2 aromatic carbocycles. The van der Waals surface area contributed by atoms with Crippen molar-refractivity contribution in [3.63, 3.8) is 0 Å². The Labute approximate surface area is 185 Å². The van der Waals surface area contributed by atoms with Crippen LogP contribution in [0.2, 0.25) is 10.0 Å². The number of alkyl halides is 3. The van der Waals surface area contributed by atoms with Crippen LogP contribution in [-0.2, 0) is 11.0 Å². The van der Waals surface area contributed by atoms with E-state index in [0.717, 1.165) is 12.1 Å². The molecule has 3 aromatic rings. The Balaban J connectivity index is 1.58. The first-order valence-electron chi connectivity index (χ1n) is 8.77. The fourth-order valence-electron chi connectivity index (χ4n) is 2.32. The topological polar surface area (TPSA) is 57.7 Å². The molecule has 0 N–H and O–H groups in total. The number of aromatic nitrogens is 1. The predicted octanol–water partition coefficient (Wildman–Crippen LogP) is 6.57. The van der Waals surface area contributed by atoms with Crippen LogP contribution in [0.3, 0.4) is 0 Å². The van der Waals surface area contributed by atoms with Gasteiger partial charge in [-0.3, -0.25) is 0 Å². The van der Waals surface area contributed by atoms with Crippen molar-refractivity contribution in [3.8, 4) is 23.1 Å². The molecule has 0 saturated heterocycles. The number of carbonyl (C=O) groups excluding carboxylic acids is 1. The maximum atomic E-state index is 12.6. The van der Waals surface area contributed by atoms with Gasteiger partial charge in [0.15, 0.2) is 6.10 Å². The van der Waals surface area contributed by atoms with Gasteiger partial charge in [0.25, 0.3) is 0 Å². The molecule has 3 rings (SSSR count). The number of nitrogens with zero attached hydrogens (tertiary/aromatic N) is 1. The van der Waals surface area contributed by atoms with Crippen molar-refractivity contribution in [1.29, 1.82) is 0 Å². The largest absolute Gasteiger partial charge is 0.477 e. The van der Waals surface area contributed by atoms with E-state index in [1.54, 1.807) is 18.2 Å². The highest BCUT2D eigenvalue weighted by atomic mass is 35.5. The lowest BCUT2D eigenvalue weighted by atomic mass is 10.3. The first-order chi connectivity index (χ1) is 14.6. The molecule has 162 valence electrons. The van der Waals surface area contributed by atoms with Crippen LogP contribution in [0, 0.1) is 0 Å². The fraction of sp³-hybridized carbons (Fsp3) is 0.143. The number of esters is 1. The Bertz CT molecular complexity index is 1060. The van der Waals surface area contributed by atoms with Crippen LogP contribution in [0.1, 0.15) is 12.5 Å². The van der Waals surface area contributed by atoms with Gasteiger partial charge in [-0.15, -0.1) is 0 Å². The lowest BCUT2D eigenvalue weighted by Gasteiger charge is -2.15. The van der Waals surface area contributed by atoms with Crippen molar-refractivity contribution in [2.75, 3.05) is 0 Å². The number of pyridine rings is 1. The van der Waals surface area contributed by atoms with Gasteiger partial charge in [-0.05, 0) is 49.4 Å². The van der Waals surface area contributed by atoms with Crippen LogP contribution < -0.4 is 14.2 Å². The van der Waals surface area contributed by atoms with E-state index in [1.165, 1.54) is 31.2 Å². The molecular weight excluding hydrogens is 458 g/mol. The first kappa shape index (κ1) is 22.7. The Morgan fingerprint density at radius 1 is 1.00 bits per heavy atom. The van der Waals surface area contributed by atoms with Crippen molar-refractivity contribution in [2.24, 2.45) is 0 Å². The highest BCUT2D eigenvalue weighted by Gasteiger charge is 2.30. The zero-order chi connectivity index (χ0) is 22.6. The van der Waals surface area contributed by atoms with Gasteiger partial charge in [0.2, 0.25) is 5.88 Å². The Kier molecular flexibility index (Phi) is 6.92. The second kappa shape index (κ2) is 9.45. The lowest BCUT2D eigenvalue weighted by molar-refractivity contribution is -0.141. The molecule has 0 fully saturated rings. The summed E-state index contributed by atoms with van der Waals surface area (Å²) in [6.07, 6.45) is -4.77. The molecule has 5 nitrogen and oxygen atoms in total. The molecule has 31 heavy (non-hydrogen) atoms. The van der Waals surface area contributed by atoms with E-state index in [9.17, 15) is 18.0 Å². The minimum absolute atomic E-state index is 0.0156. The van der Waals surface area contributed by atoms with Gasteiger partial charge in [0.05, 0.1) is 10.6 Å². The quantitative estimate of drug-likeness (QED) is 0.300. The maximum Gasteiger partial charge on any atom is 0.417 e. The molecule has 0 bridgehead atoms. The minimum atomic E-state index is -4.48. The predicted molar refractivity (Wildman–Crippen MR) is 108 cm³/mol. The van der Waals surface area contributed by atoms with Crippen LogP contribution in [0.15, 0.2) is 60.8 Å². The number of benzene rings is 2. The maximum absolute atomic E-state index is 12.6. The van der Waals surface area contributed by atoms with Gasteiger partial charge in [-0.2, -0.15) is 13.2 Å². The van der Waals surface area contributed by atoms with Crippen LogP contribution in [-0.4, -0.2) is 17.1 Å². The van der Waals surface area contributed by atoms with Crippen molar-refractivity contribution in [1.82, 2.24) is 4.98 Å². The van der Waals surface area contributed by atoms with Gasteiger partial charge in [0.1, 0.15) is 22.3 Å². The number of ether oxygens (including phenoxy) is 3. The van der Waals surface area contributed by atoms with Crippen molar-refractivity contribution in [2.45, 2.75) is 19.2 Å². The number of rotatable bonds is 6. The summed E-state index contributed by atoms with van der Waals surface area (Å²) in [7, 11) is 0. The molecule has 0 aliphatic heterocycles. The molecule has 0 amide bonds. The molecule has 1 aromatic heterocycles. The average Bonchev–Trinajstić information content (AvgIpc) is 2.72. The summed E-state index contributed by atoms with van der Waals surface area (Å²) < 4.78 is 53.8. The Hall–Kier alpha value is -2.97. The SMILES string of the molecule is CC(Oc1cccc(Cl)c1Cl)C(=O)Oc1ccc(Oc2ccc(C(F)(F)F)cn2)cc1. The van der Waals surface area contributed by atoms with E-state index in [0.29, 0.717) is 11.9 Å². The highest BCUT2D eigenvalue weighted by molar-refractivity contribution is 6.42. The van der Waals surface area contributed by atoms with Gasteiger partial charge < -0.3 is 14.2 Å². The third kappa shape index (κ3) is 6.02. The molecule has 1 atom stereocenters. The third-order valence-corrected chi connectivity index (χ3v) is 4.68. The minimum Gasteiger partial charge on any atom is -0.477 e.